The second kappa shape index (κ2) is 8.90. The van der Waals surface area contributed by atoms with Crippen LogP contribution < -0.4 is 15.8 Å². The molecular weight excluding hydrogens is 533 g/mol. The third-order valence-corrected chi connectivity index (χ3v) is 9.06. The van der Waals surface area contributed by atoms with Crippen LogP contribution in [0, 0.1) is 0 Å². The summed E-state index contributed by atoms with van der Waals surface area (Å²) in [4.78, 5) is 18.8. The van der Waals surface area contributed by atoms with E-state index < -0.39 is 22.5 Å². The number of aromatic nitrogens is 3. The lowest BCUT2D eigenvalue weighted by Crippen LogP contribution is -2.60. The number of fused-ring (bicyclic) bond motifs is 2. The topological polar surface area (TPSA) is 98.3 Å². The van der Waals surface area contributed by atoms with Crippen molar-refractivity contribution in [2.45, 2.75) is 74.2 Å². The highest BCUT2D eigenvalue weighted by Crippen LogP contribution is 2.49. The number of alkyl halides is 4. The predicted octanol–water partition coefficient (Wildman–Crippen LogP) is 5.29. The molecule has 2 amide bonds. The second-order valence-corrected chi connectivity index (χ2v) is 12.1. The Morgan fingerprint density at radius 1 is 1.21 bits per heavy atom. The van der Waals surface area contributed by atoms with Gasteiger partial charge in [0.2, 0.25) is 0 Å². The van der Waals surface area contributed by atoms with E-state index in [1.165, 1.54) is 12.3 Å². The van der Waals surface area contributed by atoms with Gasteiger partial charge in [-0.2, -0.15) is 5.10 Å². The third kappa shape index (κ3) is 4.54. The van der Waals surface area contributed by atoms with Crippen molar-refractivity contribution in [2.75, 3.05) is 18.8 Å². The van der Waals surface area contributed by atoms with Gasteiger partial charge in [-0.15, -0.1) is 24.8 Å². The number of halogens is 4. The van der Waals surface area contributed by atoms with Crippen LogP contribution >= 0.6 is 11.6 Å². The van der Waals surface area contributed by atoms with Gasteiger partial charge in [-0.1, -0.05) is 18.2 Å². The van der Waals surface area contributed by atoms with E-state index >= 15 is 0 Å². The van der Waals surface area contributed by atoms with E-state index in [9.17, 15) is 18.0 Å². The number of nitrogens with one attached hydrogen (secondary N) is 1. The summed E-state index contributed by atoms with van der Waals surface area (Å²) >= 11 is 6.87. The van der Waals surface area contributed by atoms with Crippen LogP contribution in [0.3, 0.4) is 0 Å². The molecule has 0 aromatic carbocycles. The maximum Gasteiger partial charge on any atom is 0.573 e. The average molecular weight is 563 g/mol. The zero-order valence-corrected chi connectivity index (χ0v) is 22.3. The Morgan fingerprint density at radius 3 is 2.67 bits per heavy atom. The van der Waals surface area contributed by atoms with Crippen LogP contribution in [0.4, 0.5) is 23.8 Å². The molecule has 6 rings (SSSR count). The lowest BCUT2D eigenvalue weighted by molar-refractivity contribution is -0.274. The number of urea groups is 1. The number of nitrogens with zero attached hydrogens (tertiary/aromatic N) is 4. The molecule has 2 atom stereocenters. The minimum absolute atomic E-state index is 0.0932. The number of ether oxygens (including phenoxy) is 1. The Labute approximate surface area is 229 Å². The molecule has 2 aliphatic carbocycles. The van der Waals surface area contributed by atoms with E-state index in [0.29, 0.717) is 30.9 Å². The summed E-state index contributed by atoms with van der Waals surface area (Å²) < 4.78 is 44.3. The summed E-state index contributed by atoms with van der Waals surface area (Å²) in [5.41, 5.74) is 7.80. The smallest absolute Gasteiger partial charge is 0.402 e. The molecule has 3 N–H and O–H groups in total. The number of rotatable bonds is 4. The van der Waals surface area contributed by atoms with E-state index in [4.69, 9.17) is 17.3 Å². The van der Waals surface area contributed by atoms with Crippen LogP contribution in [0.25, 0.3) is 11.3 Å². The highest BCUT2D eigenvalue weighted by molar-refractivity contribution is 6.26. The molecule has 1 saturated carbocycles. The van der Waals surface area contributed by atoms with Crippen molar-refractivity contribution in [3.05, 3.63) is 47.8 Å². The Kier molecular flexibility index (Phi) is 5.94. The van der Waals surface area contributed by atoms with E-state index in [2.05, 4.69) is 32.3 Å². The predicted molar refractivity (Wildman–Crippen MR) is 140 cm³/mol. The maximum absolute atomic E-state index is 13.5. The highest BCUT2D eigenvalue weighted by Gasteiger charge is 2.51. The minimum Gasteiger partial charge on any atom is -0.402 e. The zero-order valence-electron chi connectivity index (χ0n) is 21.5. The standard InChI is InChI=1S/C27H30ClF3N6O2/c1-24(28)6-3-2-5-20(24)26(7-4-8-26)34-23(38)36-11-9-25(16-36)10-12-37-21(25)14-18(35-37)17-13-19(22(32)33-15-17)39-27(29,30)31/h2-3,5,13-15H,4,6-12,16H2,1H3,(H2,32,33)(H,34,38). The number of likely N-dealkylation sites (tertiary alicyclic amines) is 1. The number of nitrogens with two attached hydrogens (primary N) is 1. The summed E-state index contributed by atoms with van der Waals surface area (Å²) in [5, 5.41) is 7.97. The summed E-state index contributed by atoms with van der Waals surface area (Å²) in [6.07, 6.45) is 7.73. The highest BCUT2D eigenvalue weighted by atomic mass is 35.5. The second-order valence-electron chi connectivity index (χ2n) is 11.3. The Morgan fingerprint density at radius 2 is 1.97 bits per heavy atom. The lowest BCUT2D eigenvalue weighted by atomic mass is 9.66. The number of anilines is 1. The van der Waals surface area contributed by atoms with Crippen LogP contribution in [0.5, 0.6) is 5.75 Å². The fraction of sp³-hybridized carbons (Fsp3) is 0.519. The Bertz CT molecular complexity index is 1380. The van der Waals surface area contributed by atoms with E-state index in [0.717, 1.165) is 49.8 Å². The van der Waals surface area contributed by atoms with Crippen LogP contribution in [0.1, 0.15) is 51.1 Å². The first-order chi connectivity index (χ1) is 18.4. The molecule has 4 heterocycles. The SMILES string of the molecule is CC1(Cl)CC=CC=C1C1(NC(=O)N2CCC3(CCn4nc(-c5cnc(N)c(OC(F)(F)F)c5)cc43)C2)CCC1. The first kappa shape index (κ1) is 26.0. The van der Waals surface area contributed by atoms with Crippen molar-refractivity contribution in [3.8, 4) is 17.0 Å². The van der Waals surface area contributed by atoms with Gasteiger partial charge >= 0.3 is 12.4 Å². The number of amides is 2. The fourth-order valence-electron chi connectivity index (χ4n) is 6.54. The molecular formula is C27H30ClF3N6O2. The normalized spacial score (nSPS) is 27.3. The van der Waals surface area contributed by atoms with Crippen molar-refractivity contribution in [1.82, 2.24) is 25.0 Å². The number of nitrogen functional groups attached to an aromatic ring is 1. The van der Waals surface area contributed by atoms with Gasteiger partial charge in [0, 0.05) is 42.5 Å². The molecule has 39 heavy (non-hydrogen) atoms. The first-order valence-corrected chi connectivity index (χ1v) is 13.5. The van der Waals surface area contributed by atoms with Crippen LogP contribution in [0.2, 0.25) is 0 Å². The quantitative estimate of drug-likeness (QED) is 0.494. The van der Waals surface area contributed by atoms with Crippen LogP contribution in [0.15, 0.2) is 42.1 Å². The molecule has 1 spiro atoms. The molecule has 12 heteroatoms. The van der Waals surface area contributed by atoms with Crippen LogP contribution in [-0.4, -0.2) is 55.6 Å². The number of allylic oxidation sites excluding steroid dienone is 3. The first-order valence-electron chi connectivity index (χ1n) is 13.1. The number of hydrogen-bond donors (Lipinski definition) is 2. The molecule has 2 aromatic rings. The number of pyridine rings is 1. The number of hydrogen-bond acceptors (Lipinski definition) is 5. The number of carbonyl (C=O) groups excluding carboxylic acids is 1. The fourth-order valence-corrected chi connectivity index (χ4v) is 6.87. The van der Waals surface area contributed by atoms with Gasteiger partial charge in [-0.3, -0.25) is 4.68 Å². The number of aryl methyl sites for hydroxylation is 1. The molecule has 8 nitrogen and oxygen atoms in total. The van der Waals surface area contributed by atoms with Crippen molar-refractivity contribution in [2.24, 2.45) is 0 Å². The lowest BCUT2D eigenvalue weighted by Gasteiger charge is -2.49. The summed E-state index contributed by atoms with van der Waals surface area (Å²) in [6, 6.07) is 2.99. The van der Waals surface area contributed by atoms with E-state index in [-0.39, 0.29) is 17.3 Å². The van der Waals surface area contributed by atoms with Gasteiger partial charge in [-0.25, -0.2) is 9.78 Å². The Balaban J connectivity index is 1.20. The van der Waals surface area contributed by atoms with Gasteiger partial charge in [-0.05, 0) is 63.2 Å². The molecule has 2 unspecified atom stereocenters. The monoisotopic (exact) mass is 562 g/mol. The van der Waals surface area contributed by atoms with Crippen molar-refractivity contribution in [1.29, 1.82) is 0 Å². The van der Waals surface area contributed by atoms with Crippen LogP contribution in [-0.2, 0) is 12.0 Å². The number of carbonyl (C=O) groups is 1. The molecule has 0 bridgehead atoms. The van der Waals surface area contributed by atoms with Crippen molar-refractivity contribution in [3.63, 3.8) is 0 Å². The molecule has 1 saturated heterocycles. The molecule has 0 radical (unpaired) electrons. The summed E-state index contributed by atoms with van der Waals surface area (Å²) in [6.45, 7) is 3.81. The third-order valence-electron chi connectivity index (χ3n) is 8.70. The van der Waals surface area contributed by atoms with E-state index in [1.54, 1.807) is 0 Å². The largest absolute Gasteiger partial charge is 0.573 e. The summed E-state index contributed by atoms with van der Waals surface area (Å²) in [5.74, 6) is -0.913. The minimum atomic E-state index is -4.88. The average Bonchev–Trinajstić information content (AvgIpc) is 3.54. The van der Waals surface area contributed by atoms with Gasteiger partial charge in [0.1, 0.15) is 0 Å². The molecule has 2 aliphatic heterocycles. The van der Waals surface area contributed by atoms with Gasteiger partial charge < -0.3 is 20.7 Å². The van der Waals surface area contributed by atoms with Gasteiger partial charge in [0.25, 0.3) is 0 Å². The molecule has 2 aromatic heterocycles. The summed E-state index contributed by atoms with van der Waals surface area (Å²) in [7, 11) is 0. The van der Waals surface area contributed by atoms with Crippen molar-refractivity contribution < 1.29 is 22.7 Å². The molecule has 208 valence electrons. The van der Waals surface area contributed by atoms with E-state index in [1.807, 2.05) is 28.6 Å². The van der Waals surface area contributed by atoms with Gasteiger partial charge in [0.15, 0.2) is 11.6 Å². The zero-order chi connectivity index (χ0) is 27.6. The molecule has 4 aliphatic rings. The van der Waals surface area contributed by atoms with Crippen molar-refractivity contribution >= 4 is 23.4 Å². The maximum atomic E-state index is 13.5. The molecule has 2 fully saturated rings. The van der Waals surface area contributed by atoms with Gasteiger partial charge in [0.05, 0.1) is 16.1 Å². The Hall–Kier alpha value is -3.21.